The molecular formula is C23H19NOS. The van der Waals surface area contributed by atoms with E-state index in [2.05, 4.69) is 69.1 Å². The van der Waals surface area contributed by atoms with Gasteiger partial charge in [-0.1, -0.05) is 12.1 Å². The molecule has 0 saturated carbocycles. The smallest absolute Gasteiger partial charge is 0.144 e. The molecule has 0 spiro atoms. The van der Waals surface area contributed by atoms with Crippen molar-refractivity contribution < 1.29 is 4.42 Å². The van der Waals surface area contributed by atoms with Crippen LogP contribution in [0.4, 0.5) is 0 Å². The highest BCUT2D eigenvalue weighted by Gasteiger charge is 2.15. The van der Waals surface area contributed by atoms with Crippen LogP contribution in [-0.2, 0) is 0 Å². The number of fused-ring (bicyclic) bond motifs is 4. The van der Waals surface area contributed by atoms with Crippen LogP contribution in [0.1, 0.15) is 21.6 Å². The summed E-state index contributed by atoms with van der Waals surface area (Å²) in [6.07, 6.45) is 1.94. The summed E-state index contributed by atoms with van der Waals surface area (Å²) in [6.45, 7) is 8.58. The number of pyridine rings is 1. The van der Waals surface area contributed by atoms with E-state index in [4.69, 9.17) is 4.42 Å². The molecule has 0 aliphatic heterocycles. The molecule has 0 N–H and O–H groups in total. The highest BCUT2D eigenvalue weighted by molar-refractivity contribution is 7.19. The lowest BCUT2D eigenvalue weighted by Crippen LogP contribution is -1.88. The van der Waals surface area contributed by atoms with E-state index in [0.717, 1.165) is 27.8 Å². The summed E-state index contributed by atoms with van der Waals surface area (Å²) in [7, 11) is 0. The third-order valence-corrected chi connectivity index (χ3v) is 6.61. The molecule has 5 aromatic rings. The van der Waals surface area contributed by atoms with Crippen LogP contribution in [0.3, 0.4) is 0 Å². The van der Waals surface area contributed by atoms with Gasteiger partial charge in [0.05, 0.1) is 5.69 Å². The third-order valence-electron chi connectivity index (χ3n) is 5.44. The Balaban J connectivity index is 1.85. The molecule has 2 nitrogen and oxygen atoms in total. The Bertz CT molecular complexity index is 1320. The summed E-state index contributed by atoms with van der Waals surface area (Å²) >= 11 is 1.86. The molecule has 0 bridgehead atoms. The van der Waals surface area contributed by atoms with E-state index in [1.54, 1.807) is 0 Å². The number of aryl methyl sites for hydroxylation is 4. The normalized spacial score (nSPS) is 11.8. The van der Waals surface area contributed by atoms with Crippen molar-refractivity contribution in [1.82, 2.24) is 4.98 Å². The van der Waals surface area contributed by atoms with Crippen molar-refractivity contribution in [3.63, 3.8) is 0 Å². The van der Waals surface area contributed by atoms with Crippen LogP contribution < -0.4 is 0 Å². The lowest BCUT2D eigenvalue weighted by Gasteiger charge is -2.05. The molecule has 3 aromatic heterocycles. The number of thiophene rings is 1. The van der Waals surface area contributed by atoms with Gasteiger partial charge < -0.3 is 4.42 Å². The van der Waals surface area contributed by atoms with Crippen LogP contribution in [0.15, 0.2) is 47.0 Å². The zero-order valence-corrected chi connectivity index (χ0v) is 16.1. The number of furan rings is 1. The molecule has 3 heterocycles. The Morgan fingerprint density at radius 1 is 0.885 bits per heavy atom. The number of nitrogens with zero attached hydrogens (tertiary/aromatic N) is 1. The Morgan fingerprint density at radius 3 is 2.54 bits per heavy atom. The minimum absolute atomic E-state index is 0.922. The third kappa shape index (κ3) is 2.14. The number of benzene rings is 2. The first-order chi connectivity index (χ1) is 12.5. The molecule has 0 atom stereocenters. The van der Waals surface area contributed by atoms with Crippen LogP contribution in [0.5, 0.6) is 0 Å². The van der Waals surface area contributed by atoms with Gasteiger partial charge in [-0.25, -0.2) is 0 Å². The molecule has 26 heavy (non-hydrogen) atoms. The lowest BCUT2D eigenvalue weighted by molar-refractivity contribution is 0.670. The quantitative estimate of drug-likeness (QED) is 0.320. The maximum atomic E-state index is 6.35. The summed E-state index contributed by atoms with van der Waals surface area (Å²) in [5, 5.41) is 3.63. The van der Waals surface area contributed by atoms with Gasteiger partial charge in [0.25, 0.3) is 0 Å². The molecule has 128 valence electrons. The number of hydrogen-bond donors (Lipinski definition) is 0. The van der Waals surface area contributed by atoms with Crippen LogP contribution in [0, 0.1) is 27.7 Å². The summed E-state index contributed by atoms with van der Waals surface area (Å²) < 4.78 is 7.67. The first-order valence-electron chi connectivity index (χ1n) is 8.81. The van der Waals surface area contributed by atoms with E-state index in [0.29, 0.717) is 0 Å². The van der Waals surface area contributed by atoms with Gasteiger partial charge in [0.15, 0.2) is 0 Å². The zero-order valence-electron chi connectivity index (χ0n) is 15.3. The molecule has 0 fully saturated rings. The van der Waals surface area contributed by atoms with Crippen molar-refractivity contribution in [2.75, 3.05) is 0 Å². The van der Waals surface area contributed by atoms with Crippen molar-refractivity contribution in [3.05, 3.63) is 64.2 Å². The predicted octanol–water partition coefficient (Wildman–Crippen LogP) is 7.10. The topological polar surface area (TPSA) is 26.0 Å². The summed E-state index contributed by atoms with van der Waals surface area (Å²) in [5.41, 5.74) is 7.69. The fourth-order valence-electron chi connectivity index (χ4n) is 3.61. The molecule has 2 aromatic carbocycles. The highest BCUT2D eigenvalue weighted by Crippen LogP contribution is 2.40. The summed E-state index contributed by atoms with van der Waals surface area (Å²) in [5.74, 6) is 0. The SMILES string of the molecule is Cc1cnc(-c2cccc3c2oc2cc4c(C)c(C)sc4cc23)cc1C. The van der Waals surface area contributed by atoms with E-state index in [9.17, 15) is 0 Å². The van der Waals surface area contributed by atoms with Gasteiger partial charge in [-0.05, 0) is 74.0 Å². The predicted molar refractivity (Wildman–Crippen MR) is 111 cm³/mol. The minimum Gasteiger partial charge on any atom is -0.455 e. The van der Waals surface area contributed by atoms with Crippen molar-refractivity contribution in [2.45, 2.75) is 27.7 Å². The number of hydrogen-bond acceptors (Lipinski definition) is 3. The molecule has 3 heteroatoms. The van der Waals surface area contributed by atoms with E-state index in [-0.39, 0.29) is 0 Å². The average Bonchev–Trinajstić information content (AvgIpc) is 3.13. The summed E-state index contributed by atoms with van der Waals surface area (Å²) in [4.78, 5) is 6.01. The van der Waals surface area contributed by atoms with Gasteiger partial charge in [0.2, 0.25) is 0 Å². The molecule has 0 unspecified atom stereocenters. The van der Waals surface area contributed by atoms with Crippen LogP contribution >= 0.6 is 11.3 Å². The van der Waals surface area contributed by atoms with Crippen molar-refractivity contribution in [2.24, 2.45) is 0 Å². The molecule has 0 radical (unpaired) electrons. The van der Waals surface area contributed by atoms with Crippen LogP contribution in [0.2, 0.25) is 0 Å². The molecule has 0 amide bonds. The fraction of sp³-hybridized carbons (Fsp3) is 0.174. The Morgan fingerprint density at radius 2 is 1.73 bits per heavy atom. The summed E-state index contributed by atoms with van der Waals surface area (Å²) in [6, 6.07) is 13.0. The van der Waals surface area contributed by atoms with E-state index in [1.165, 1.54) is 37.0 Å². The van der Waals surface area contributed by atoms with E-state index >= 15 is 0 Å². The fourth-order valence-corrected chi connectivity index (χ4v) is 4.70. The number of para-hydroxylation sites is 1. The second-order valence-corrected chi connectivity index (χ2v) is 8.32. The van der Waals surface area contributed by atoms with Gasteiger partial charge in [0, 0.05) is 32.1 Å². The van der Waals surface area contributed by atoms with Crippen molar-refractivity contribution in [3.8, 4) is 11.3 Å². The van der Waals surface area contributed by atoms with E-state index in [1.807, 2.05) is 17.5 Å². The second-order valence-electron chi connectivity index (χ2n) is 7.07. The molecular weight excluding hydrogens is 338 g/mol. The molecule has 5 rings (SSSR count). The maximum absolute atomic E-state index is 6.35. The minimum atomic E-state index is 0.922. The van der Waals surface area contributed by atoms with Crippen molar-refractivity contribution >= 4 is 43.4 Å². The molecule has 0 saturated heterocycles. The van der Waals surface area contributed by atoms with E-state index < -0.39 is 0 Å². The van der Waals surface area contributed by atoms with Gasteiger partial charge in [-0.3, -0.25) is 4.98 Å². The van der Waals surface area contributed by atoms with Gasteiger partial charge in [-0.15, -0.1) is 11.3 Å². The van der Waals surface area contributed by atoms with Crippen LogP contribution in [0.25, 0.3) is 43.3 Å². The average molecular weight is 357 g/mol. The monoisotopic (exact) mass is 357 g/mol. The second kappa shape index (κ2) is 5.42. The highest BCUT2D eigenvalue weighted by atomic mass is 32.1. The van der Waals surface area contributed by atoms with Gasteiger partial charge in [-0.2, -0.15) is 0 Å². The zero-order chi connectivity index (χ0) is 18.0. The largest absolute Gasteiger partial charge is 0.455 e. The van der Waals surface area contributed by atoms with Gasteiger partial charge in [0.1, 0.15) is 11.2 Å². The standard InChI is InChI=1S/C23H19NOS/c1-12-8-20(24-11-13(12)2)17-7-5-6-16-19-10-22-18(14(3)15(4)26-22)9-21(19)25-23(16)17/h5-11H,1-4H3. The number of rotatable bonds is 1. The number of aromatic nitrogens is 1. The lowest BCUT2D eigenvalue weighted by atomic mass is 10.0. The Kier molecular flexibility index (Phi) is 3.25. The Hall–Kier alpha value is -2.65. The molecule has 0 aliphatic rings. The maximum Gasteiger partial charge on any atom is 0.144 e. The molecule has 0 aliphatic carbocycles. The first kappa shape index (κ1) is 15.6. The van der Waals surface area contributed by atoms with Gasteiger partial charge >= 0.3 is 0 Å². The van der Waals surface area contributed by atoms with Crippen LogP contribution in [-0.4, -0.2) is 4.98 Å². The Labute approximate surface area is 156 Å². The first-order valence-corrected chi connectivity index (χ1v) is 9.63. The van der Waals surface area contributed by atoms with Crippen molar-refractivity contribution in [1.29, 1.82) is 0 Å².